The quantitative estimate of drug-likeness (QED) is 0.707. The van der Waals surface area contributed by atoms with Gasteiger partial charge in [0.25, 0.3) is 0 Å². The molecule has 0 aliphatic heterocycles. The van der Waals surface area contributed by atoms with Gasteiger partial charge in [-0.2, -0.15) is 0 Å². The number of benzene rings is 1. The zero-order chi connectivity index (χ0) is 10.1. The summed E-state index contributed by atoms with van der Waals surface area (Å²) < 4.78 is 0. The first kappa shape index (κ1) is 11.0. The first-order valence-corrected chi connectivity index (χ1v) is 4.80. The van der Waals surface area contributed by atoms with Crippen LogP contribution >= 0.6 is 23.2 Å². The van der Waals surface area contributed by atoms with Gasteiger partial charge in [-0.3, -0.25) is 0 Å². The van der Waals surface area contributed by atoms with Gasteiger partial charge in [0.2, 0.25) is 0 Å². The van der Waals surface area contributed by atoms with E-state index in [4.69, 9.17) is 23.2 Å². The fourth-order valence-electron chi connectivity index (χ4n) is 1.22. The fraction of sp³-hybridized carbons (Fsp3) is 0.250. The van der Waals surface area contributed by atoms with E-state index in [1.807, 2.05) is 15.7 Å². The number of aliphatic hydroxyl groups excluding tert-OH is 1. The van der Waals surface area contributed by atoms with E-state index in [2.05, 4.69) is 0 Å². The average Bonchev–Trinajstić information content (AvgIpc) is 2.03. The largest absolute Gasteiger partial charge is 0.397 e. The van der Waals surface area contributed by atoms with E-state index in [0.717, 1.165) is 5.56 Å². The van der Waals surface area contributed by atoms with E-state index in [9.17, 15) is 5.11 Å². The lowest BCUT2D eigenvalue weighted by molar-refractivity contribution is 0.280. The molecule has 0 spiro atoms. The maximum absolute atomic E-state index is 9.18. The summed E-state index contributed by atoms with van der Waals surface area (Å²) in [5.74, 6) is 0. The number of aliphatic hydroxyl groups is 1. The molecule has 1 nitrogen and oxygen atoms in total. The Balaban J connectivity index is 3.28. The molecule has 1 N–H and O–H groups in total. The second-order valence-corrected chi connectivity index (χ2v) is 4.45. The van der Waals surface area contributed by atoms with Crippen LogP contribution in [0.1, 0.15) is 5.56 Å². The lowest BCUT2D eigenvalue weighted by atomic mass is 9.51. The highest BCUT2D eigenvalue weighted by molar-refractivity contribution is 6.45. The predicted octanol–water partition coefficient (Wildman–Crippen LogP) is 0.405. The summed E-state index contributed by atoms with van der Waals surface area (Å²) in [6.45, 7) is 0.0243. The summed E-state index contributed by atoms with van der Waals surface area (Å²) in [6.07, 6.45) is 0. The summed E-state index contributed by atoms with van der Waals surface area (Å²) in [7, 11) is 3.81. The van der Waals surface area contributed by atoms with Crippen molar-refractivity contribution >= 4 is 38.9 Å². The molecule has 0 aromatic heterocycles. The Labute approximate surface area is 89.9 Å². The van der Waals surface area contributed by atoms with Crippen LogP contribution in [-0.2, 0) is 5.21 Å². The normalized spacial score (nSPS) is 11.6. The van der Waals surface area contributed by atoms with E-state index in [1.54, 1.807) is 18.2 Å². The Morgan fingerprint density at radius 1 is 1.23 bits per heavy atom. The molecule has 13 heavy (non-hydrogen) atoms. The van der Waals surface area contributed by atoms with Gasteiger partial charge in [0.1, 0.15) is 15.7 Å². The smallest absolute Gasteiger partial charge is 0.107 e. The van der Waals surface area contributed by atoms with Gasteiger partial charge in [0.05, 0.1) is 0 Å². The molecule has 0 heterocycles. The Hall–Kier alpha value is -0.110. The summed E-state index contributed by atoms with van der Waals surface area (Å²) in [5, 5.41) is 9.99. The Kier molecular flexibility index (Phi) is 3.33. The Morgan fingerprint density at radius 2 is 1.69 bits per heavy atom. The zero-order valence-corrected chi connectivity index (χ0v) is 9.15. The molecule has 68 valence electrons. The molecule has 0 radical (unpaired) electrons. The maximum Gasteiger partial charge on any atom is 0.107 e. The Bertz CT molecular complexity index is 295. The molecule has 1 rings (SSSR count). The summed E-state index contributed by atoms with van der Waals surface area (Å²) >= 11 is 12.0. The molecule has 0 aliphatic carbocycles. The van der Waals surface area contributed by atoms with Crippen LogP contribution in [-0.4, -0.2) is 27.4 Å². The van der Waals surface area contributed by atoms with E-state index in [0.29, 0.717) is 10.0 Å². The molecule has 0 saturated heterocycles. The molecule has 0 atom stereocenters. The lowest BCUT2D eigenvalue weighted by Crippen LogP contribution is -2.32. The van der Waals surface area contributed by atoms with E-state index in [-0.39, 0.29) is 6.61 Å². The Morgan fingerprint density at radius 3 is 2.08 bits per heavy atom. The van der Waals surface area contributed by atoms with Crippen molar-refractivity contribution < 1.29 is 5.11 Å². The van der Waals surface area contributed by atoms with Crippen LogP contribution in [0.5, 0.6) is 0 Å². The molecular formula is C8H10B2Cl2O. The molecular weight excluding hydrogens is 205 g/mol. The van der Waals surface area contributed by atoms with Gasteiger partial charge in [-0.1, -0.05) is 29.3 Å². The van der Waals surface area contributed by atoms with Crippen LogP contribution in [0.3, 0.4) is 0 Å². The monoisotopic (exact) mass is 214 g/mol. The van der Waals surface area contributed by atoms with Crippen LogP contribution in [0.25, 0.3) is 0 Å². The average molecular weight is 215 g/mol. The third kappa shape index (κ3) is 2.22. The molecule has 0 saturated carbocycles. The van der Waals surface area contributed by atoms with Gasteiger partial charge in [0, 0.05) is 16.7 Å². The van der Waals surface area contributed by atoms with E-state index < -0.39 is 5.21 Å². The minimum atomic E-state index is -0.393. The SMILES string of the molecule is BC(B)(CO)c1c(Cl)cccc1Cl. The van der Waals surface area contributed by atoms with Crippen LogP contribution < -0.4 is 0 Å². The molecule has 1 aromatic carbocycles. The standard InChI is InChI=1S/C8H10B2Cl2O/c9-8(10,4-13)7-5(11)2-1-3-6(7)12/h1-3,13H,4,9-10H2. The van der Waals surface area contributed by atoms with Crippen molar-refractivity contribution in [3.05, 3.63) is 33.8 Å². The van der Waals surface area contributed by atoms with Gasteiger partial charge in [0.15, 0.2) is 0 Å². The summed E-state index contributed by atoms with van der Waals surface area (Å²) in [5.41, 5.74) is 0.806. The first-order valence-electron chi connectivity index (χ1n) is 4.04. The highest BCUT2D eigenvalue weighted by Crippen LogP contribution is 2.31. The number of halogens is 2. The van der Waals surface area contributed by atoms with Gasteiger partial charge >= 0.3 is 0 Å². The van der Waals surface area contributed by atoms with Crippen LogP contribution in [0.15, 0.2) is 18.2 Å². The van der Waals surface area contributed by atoms with Crippen molar-refractivity contribution in [2.24, 2.45) is 0 Å². The third-order valence-electron chi connectivity index (χ3n) is 2.03. The van der Waals surface area contributed by atoms with Gasteiger partial charge in [-0.05, 0) is 22.9 Å². The van der Waals surface area contributed by atoms with Gasteiger partial charge in [-0.25, -0.2) is 0 Å². The maximum atomic E-state index is 9.18. The second-order valence-electron chi connectivity index (χ2n) is 3.64. The van der Waals surface area contributed by atoms with Crippen LogP contribution in [0.2, 0.25) is 10.0 Å². The lowest BCUT2D eigenvalue weighted by Gasteiger charge is -2.24. The topological polar surface area (TPSA) is 20.2 Å². The molecule has 0 fully saturated rings. The summed E-state index contributed by atoms with van der Waals surface area (Å²) in [6, 6.07) is 5.35. The van der Waals surface area contributed by atoms with Gasteiger partial charge < -0.3 is 5.11 Å². The van der Waals surface area contributed by atoms with Crippen LogP contribution in [0, 0.1) is 0 Å². The molecule has 0 bridgehead atoms. The van der Waals surface area contributed by atoms with Gasteiger partial charge in [-0.15, -0.1) is 0 Å². The zero-order valence-electron chi connectivity index (χ0n) is 7.64. The van der Waals surface area contributed by atoms with Crippen molar-refractivity contribution in [1.29, 1.82) is 0 Å². The highest BCUT2D eigenvalue weighted by atomic mass is 35.5. The van der Waals surface area contributed by atoms with Crippen LogP contribution in [0.4, 0.5) is 0 Å². The third-order valence-corrected chi connectivity index (χ3v) is 2.66. The minimum Gasteiger partial charge on any atom is -0.397 e. The molecule has 1 aromatic rings. The fourth-order valence-corrected chi connectivity index (χ4v) is 2.13. The highest BCUT2D eigenvalue weighted by Gasteiger charge is 2.24. The predicted molar refractivity (Wildman–Crippen MR) is 62.3 cm³/mol. The van der Waals surface area contributed by atoms with Crippen molar-refractivity contribution in [3.63, 3.8) is 0 Å². The van der Waals surface area contributed by atoms with E-state index >= 15 is 0 Å². The second kappa shape index (κ2) is 3.95. The number of hydrogen-bond acceptors (Lipinski definition) is 1. The summed E-state index contributed by atoms with van der Waals surface area (Å²) in [4.78, 5) is 0. The van der Waals surface area contributed by atoms with Crippen molar-refractivity contribution in [3.8, 4) is 0 Å². The van der Waals surface area contributed by atoms with Crippen molar-refractivity contribution in [2.75, 3.05) is 6.61 Å². The molecule has 0 amide bonds. The van der Waals surface area contributed by atoms with E-state index in [1.165, 1.54) is 0 Å². The molecule has 0 unspecified atom stereocenters. The molecule has 0 aliphatic rings. The first-order chi connectivity index (χ1) is 5.99. The van der Waals surface area contributed by atoms with Crippen molar-refractivity contribution in [1.82, 2.24) is 0 Å². The minimum absolute atomic E-state index is 0.0243. The number of rotatable bonds is 2. The molecule has 5 heteroatoms. The van der Waals surface area contributed by atoms with Crippen molar-refractivity contribution in [2.45, 2.75) is 5.21 Å². The number of hydrogen-bond donors (Lipinski definition) is 1.